The standard InChI is InChI=1S/C11H9F2N3O2/c1-17-9-10(14)15-5-16-11(9)18-7-4-2-3-6(12)8(7)13/h2-5H,1H3,(H2,14,15,16). The lowest BCUT2D eigenvalue weighted by Gasteiger charge is -2.10. The number of nitrogen functional groups attached to an aromatic ring is 1. The summed E-state index contributed by atoms with van der Waals surface area (Å²) in [4.78, 5) is 7.44. The second kappa shape index (κ2) is 4.82. The first-order chi connectivity index (χ1) is 8.63. The summed E-state index contributed by atoms with van der Waals surface area (Å²) >= 11 is 0. The van der Waals surface area contributed by atoms with Crippen molar-refractivity contribution in [1.29, 1.82) is 0 Å². The Bertz CT molecular complexity index is 578. The van der Waals surface area contributed by atoms with E-state index >= 15 is 0 Å². The van der Waals surface area contributed by atoms with Crippen LogP contribution in [0.1, 0.15) is 0 Å². The maximum Gasteiger partial charge on any atom is 0.268 e. The third kappa shape index (κ3) is 2.15. The monoisotopic (exact) mass is 253 g/mol. The number of nitrogens with zero attached hydrogens (tertiary/aromatic N) is 2. The van der Waals surface area contributed by atoms with Crippen LogP contribution in [0.15, 0.2) is 24.5 Å². The number of nitrogens with two attached hydrogens (primary N) is 1. The highest BCUT2D eigenvalue weighted by atomic mass is 19.2. The molecule has 0 aliphatic rings. The van der Waals surface area contributed by atoms with Crippen LogP contribution in [-0.4, -0.2) is 17.1 Å². The Labute approximate surface area is 101 Å². The third-order valence-corrected chi connectivity index (χ3v) is 2.13. The first kappa shape index (κ1) is 12.0. The van der Waals surface area contributed by atoms with Crippen molar-refractivity contribution < 1.29 is 18.3 Å². The van der Waals surface area contributed by atoms with Gasteiger partial charge in [0.05, 0.1) is 7.11 Å². The van der Waals surface area contributed by atoms with Gasteiger partial charge in [-0.05, 0) is 12.1 Å². The molecule has 94 valence electrons. The summed E-state index contributed by atoms with van der Waals surface area (Å²) in [5.74, 6) is -2.44. The molecule has 0 saturated heterocycles. The van der Waals surface area contributed by atoms with Crippen LogP contribution >= 0.6 is 0 Å². The fourth-order valence-electron chi connectivity index (χ4n) is 1.30. The molecule has 2 N–H and O–H groups in total. The van der Waals surface area contributed by atoms with Crippen LogP contribution in [-0.2, 0) is 0 Å². The van der Waals surface area contributed by atoms with Crippen molar-refractivity contribution in [1.82, 2.24) is 9.97 Å². The number of halogens is 2. The smallest absolute Gasteiger partial charge is 0.268 e. The average Bonchev–Trinajstić information content (AvgIpc) is 2.35. The van der Waals surface area contributed by atoms with Crippen molar-refractivity contribution in [3.8, 4) is 17.4 Å². The molecular weight excluding hydrogens is 244 g/mol. The van der Waals surface area contributed by atoms with Gasteiger partial charge in [-0.1, -0.05) is 6.07 Å². The highest BCUT2D eigenvalue weighted by Crippen LogP contribution is 2.33. The van der Waals surface area contributed by atoms with E-state index in [1.807, 2.05) is 0 Å². The van der Waals surface area contributed by atoms with Crippen molar-refractivity contribution in [2.75, 3.05) is 12.8 Å². The molecule has 0 unspecified atom stereocenters. The Morgan fingerprint density at radius 2 is 2.00 bits per heavy atom. The van der Waals surface area contributed by atoms with Gasteiger partial charge in [-0.3, -0.25) is 0 Å². The van der Waals surface area contributed by atoms with Gasteiger partial charge in [0.25, 0.3) is 5.88 Å². The summed E-state index contributed by atoms with van der Waals surface area (Å²) in [6.07, 6.45) is 1.13. The normalized spacial score (nSPS) is 10.2. The van der Waals surface area contributed by atoms with Crippen LogP contribution < -0.4 is 15.2 Å². The van der Waals surface area contributed by atoms with Gasteiger partial charge in [-0.15, -0.1) is 0 Å². The number of aromatic nitrogens is 2. The zero-order chi connectivity index (χ0) is 13.1. The predicted octanol–water partition coefficient (Wildman–Crippen LogP) is 2.14. The fraction of sp³-hybridized carbons (Fsp3) is 0.0909. The molecule has 0 saturated carbocycles. The first-order valence-electron chi connectivity index (χ1n) is 4.89. The average molecular weight is 253 g/mol. The van der Waals surface area contributed by atoms with Gasteiger partial charge in [0, 0.05) is 0 Å². The second-order valence-electron chi connectivity index (χ2n) is 3.25. The van der Waals surface area contributed by atoms with Crippen LogP contribution in [0, 0.1) is 11.6 Å². The minimum absolute atomic E-state index is 0.0410. The van der Waals surface area contributed by atoms with Crippen LogP contribution in [0.2, 0.25) is 0 Å². The van der Waals surface area contributed by atoms with E-state index in [-0.39, 0.29) is 23.2 Å². The number of benzene rings is 1. The van der Waals surface area contributed by atoms with Gasteiger partial charge in [-0.2, -0.15) is 9.37 Å². The SMILES string of the molecule is COc1c(N)ncnc1Oc1cccc(F)c1F. The molecule has 0 aliphatic heterocycles. The van der Waals surface area contributed by atoms with Crippen LogP contribution in [0.4, 0.5) is 14.6 Å². The summed E-state index contributed by atoms with van der Waals surface area (Å²) in [7, 11) is 1.34. The van der Waals surface area contributed by atoms with Gasteiger partial charge in [-0.25, -0.2) is 9.37 Å². The Hall–Kier alpha value is -2.44. The van der Waals surface area contributed by atoms with Crippen molar-refractivity contribution in [3.63, 3.8) is 0 Å². The van der Waals surface area contributed by atoms with E-state index in [0.29, 0.717) is 0 Å². The predicted molar refractivity (Wildman–Crippen MR) is 59.4 cm³/mol. The minimum Gasteiger partial charge on any atom is -0.489 e. The molecule has 0 atom stereocenters. The maximum absolute atomic E-state index is 13.4. The Kier molecular flexibility index (Phi) is 3.22. The van der Waals surface area contributed by atoms with E-state index in [4.69, 9.17) is 15.2 Å². The van der Waals surface area contributed by atoms with Crippen molar-refractivity contribution in [3.05, 3.63) is 36.2 Å². The van der Waals surface area contributed by atoms with Gasteiger partial charge in [0.1, 0.15) is 6.33 Å². The van der Waals surface area contributed by atoms with Crippen LogP contribution in [0.5, 0.6) is 17.4 Å². The van der Waals surface area contributed by atoms with Gasteiger partial charge < -0.3 is 15.2 Å². The zero-order valence-electron chi connectivity index (χ0n) is 9.35. The van der Waals surface area contributed by atoms with Gasteiger partial charge >= 0.3 is 0 Å². The van der Waals surface area contributed by atoms with Crippen LogP contribution in [0.3, 0.4) is 0 Å². The highest BCUT2D eigenvalue weighted by molar-refractivity contribution is 5.52. The lowest BCUT2D eigenvalue weighted by atomic mass is 10.3. The molecule has 1 heterocycles. The minimum atomic E-state index is -1.11. The number of rotatable bonds is 3. The Morgan fingerprint density at radius 1 is 1.22 bits per heavy atom. The van der Waals surface area contributed by atoms with E-state index in [9.17, 15) is 8.78 Å². The van der Waals surface area contributed by atoms with Crippen molar-refractivity contribution in [2.24, 2.45) is 0 Å². The summed E-state index contributed by atoms with van der Waals surface area (Å²) in [6, 6.07) is 3.55. The quantitative estimate of drug-likeness (QED) is 0.907. The number of hydrogen-bond acceptors (Lipinski definition) is 5. The van der Waals surface area contributed by atoms with Crippen LogP contribution in [0.25, 0.3) is 0 Å². The molecular formula is C11H9F2N3O2. The number of hydrogen-bond donors (Lipinski definition) is 1. The number of ether oxygens (including phenoxy) is 2. The van der Waals surface area contributed by atoms with E-state index in [1.54, 1.807) is 0 Å². The van der Waals surface area contributed by atoms with E-state index < -0.39 is 11.6 Å². The molecule has 7 heteroatoms. The number of methoxy groups -OCH3 is 1. The highest BCUT2D eigenvalue weighted by Gasteiger charge is 2.15. The molecule has 2 rings (SSSR count). The van der Waals surface area contributed by atoms with Crippen molar-refractivity contribution in [2.45, 2.75) is 0 Å². The fourth-order valence-corrected chi connectivity index (χ4v) is 1.30. The molecule has 1 aromatic heterocycles. The topological polar surface area (TPSA) is 70.3 Å². The van der Waals surface area contributed by atoms with E-state index in [0.717, 1.165) is 12.4 Å². The third-order valence-electron chi connectivity index (χ3n) is 2.13. The second-order valence-corrected chi connectivity index (χ2v) is 3.25. The lowest BCUT2D eigenvalue weighted by Crippen LogP contribution is -2.01. The molecule has 2 aromatic rings. The molecule has 18 heavy (non-hydrogen) atoms. The summed E-state index contributed by atoms with van der Waals surface area (Å²) in [5.41, 5.74) is 5.53. The molecule has 0 aliphatic carbocycles. The molecule has 0 fully saturated rings. The molecule has 5 nitrogen and oxygen atoms in total. The summed E-state index contributed by atoms with van der Waals surface area (Å²) in [5, 5.41) is 0. The largest absolute Gasteiger partial charge is 0.489 e. The lowest BCUT2D eigenvalue weighted by molar-refractivity contribution is 0.355. The molecule has 0 spiro atoms. The Balaban J connectivity index is 2.40. The number of anilines is 1. The van der Waals surface area contributed by atoms with Gasteiger partial charge in [0.2, 0.25) is 11.6 Å². The molecule has 0 amide bonds. The van der Waals surface area contributed by atoms with E-state index in [2.05, 4.69) is 9.97 Å². The zero-order valence-corrected chi connectivity index (χ0v) is 9.35. The first-order valence-corrected chi connectivity index (χ1v) is 4.89. The van der Waals surface area contributed by atoms with Gasteiger partial charge in [0.15, 0.2) is 17.4 Å². The molecule has 0 radical (unpaired) electrons. The molecule has 1 aromatic carbocycles. The van der Waals surface area contributed by atoms with Crippen molar-refractivity contribution >= 4 is 5.82 Å². The molecule has 0 bridgehead atoms. The van der Waals surface area contributed by atoms with E-state index in [1.165, 1.54) is 19.2 Å². The summed E-state index contributed by atoms with van der Waals surface area (Å²) < 4.78 is 36.5. The summed E-state index contributed by atoms with van der Waals surface area (Å²) in [6.45, 7) is 0. The maximum atomic E-state index is 13.4. The Morgan fingerprint density at radius 3 is 2.72 bits per heavy atom.